The Hall–Kier alpha value is 0.280. The predicted molar refractivity (Wildman–Crippen MR) is 83.3 cm³/mol. The van der Waals surface area contributed by atoms with Gasteiger partial charge in [-0.1, -0.05) is 19.1 Å². The zero-order valence-electron chi connectivity index (χ0n) is 11.1. The Morgan fingerprint density at radius 3 is 2.67 bits per heavy atom. The number of hydrogen-bond acceptors (Lipinski definition) is 5. The van der Waals surface area contributed by atoms with Crippen molar-refractivity contribution in [3.05, 3.63) is 10.3 Å². The first-order chi connectivity index (χ1) is 8.54. The lowest BCUT2D eigenvalue weighted by atomic mass is 10.1. The highest BCUT2D eigenvalue weighted by Gasteiger charge is 2.34. The van der Waals surface area contributed by atoms with Gasteiger partial charge in [-0.25, -0.2) is 4.68 Å². The van der Waals surface area contributed by atoms with Gasteiger partial charge in [0.2, 0.25) is 0 Å². The first-order valence-corrected chi connectivity index (χ1v) is 8.82. The van der Waals surface area contributed by atoms with Crippen molar-refractivity contribution < 1.29 is 0 Å². The fourth-order valence-corrected chi connectivity index (χ4v) is 5.85. The van der Waals surface area contributed by atoms with E-state index < -0.39 is 0 Å². The fraction of sp³-hybridized carbons (Fsp3) is 0.818. The maximum atomic E-state index is 4.09. The molecule has 18 heavy (non-hydrogen) atoms. The summed E-state index contributed by atoms with van der Waals surface area (Å²) in [6, 6.07) is 0.284. The Bertz CT molecular complexity index is 392. The number of nitrogens with one attached hydrogen (secondary N) is 1. The lowest BCUT2D eigenvalue weighted by molar-refractivity contribution is 0.531. The molecule has 0 saturated carbocycles. The third-order valence-corrected chi connectivity index (χ3v) is 7.44. The highest BCUT2D eigenvalue weighted by molar-refractivity contribution is 9.10. The summed E-state index contributed by atoms with van der Waals surface area (Å²) >= 11 is 7.63. The lowest BCUT2D eigenvalue weighted by Crippen LogP contribution is -2.36. The van der Waals surface area contributed by atoms with Gasteiger partial charge in [-0.2, -0.15) is 23.5 Å². The zero-order valence-corrected chi connectivity index (χ0v) is 14.3. The quantitative estimate of drug-likeness (QED) is 0.906. The summed E-state index contributed by atoms with van der Waals surface area (Å²) in [5, 5.41) is 13.6. The summed E-state index contributed by atoms with van der Waals surface area (Å²) in [4.78, 5) is 0. The monoisotopic (exact) mass is 350 g/mol. The van der Waals surface area contributed by atoms with Gasteiger partial charge in [-0.05, 0) is 23.0 Å². The van der Waals surface area contributed by atoms with Crippen LogP contribution < -0.4 is 5.32 Å². The molecule has 4 atom stereocenters. The van der Waals surface area contributed by atoms with Crippen molar-refractivity contribution in [2.24, 2.45) is 7.05 Å². The molecule has 1 N–H and O–H groups in total. The molecule has 102 valence electrons. The van der Waals surface area contributed by atoms with Gasteiger partial charge in [0.1, 0.15) is 0 Å². The molecule has 1 aliphatic rings. The van der Waals surface area contributed by atoms with Gasteiger partial charge in [0.25, 0.3) is 0 Å². The Kier molecular flexibility index (Phi) is 5.02. The van der Waals surface area contributed by atoms with Crippen LogP contribution in [0.4, 0.5) is 0 Å². The van der Waals surface area contributed by atoms with E-state index in [9.17, 15) is 0 Å². The van der Waals surface area contributed by atoms with E-state index in [0.717, 1.165) is 15.5 Å². The van der Waals surface area contributed by atoms with Gasteiger partial charge in [0.05, 0.1) is 11.7 Å². The maximum Gasteiger partial charge on any atom is 0.153 e. The number of aryl methyl sites for hydroxylation is 1. The molecule has 1 fully saturated rings. The van der Waals surface area contributed by atoms with Crippen LogP contribution in [0.25, 0.3) is 0 Å². The van der Waals surface area contributed by atoms with Crippen molar-refractivity contribution in [1.29, 1.82) is 0 Å². The standard InChI is InChI=1S/C11H19BrN4S2/c1-6-7(2)18-8(5-17-6)9(13-3)10-11(12)14-15-16(10)4/h6-9,13H,5H2,1-4H3. The second-order valence-electron chi connectivity index (χ2n) is 4.57. The Labute approximate surface area is 125 Å². The number of hydrogen-bond donors (Lipinski definition) is 1. The normalized spacial score (nSPS) is 30.4. The van der Waals surface area contributed by atoms with Crippen LogP contribution in [0, 0.1) is 0 Å². The molecule has 0 radical (unpaired) electrons. The molecular formula is C11H19BrN4S2. The summed E-state index contributed by atoms with van der Waals surface area (Å²) in [6.07, 6.45) is 0. The first kappa shape index (κ1) is 14.7. The molecule has 2 rings (SSSR count). The molecule has 0 amide bonds. The van der Waals surface area contributed by atoms with Crippen LogP contribution >= 0.6 is 39.5 Å². The molecule has 1 aliphatic heterocycles. The minimum atomic E-state index is 0.284. The van der Waals surface area contributed by atoms with E-state index in [-0.39, 0.29) is 6.04 Å². The van der Waals surface area contributed by atoms with Crippen molar-refractivity contribution in [2.45, 2.75) is 35.6 Å². The molecule has 0 spiro atoms. The average Bonchev–Trinajstić information content (AvgIpc) is 2.66. The second-order valence-corrected chi connectivity index (χ2v) is 8.36. The van der Waals surface area contributed by atoms with Crippen LogP contribution in [0.5, 0.6) is 0 Å². The van der Waals surface area contributed by atoms with E-state index in [1.165, 1.54) is 5.75 Å². The fourth-order valence-electron chi connectivity index (χ4n) is 2.15. The smallest absolute Gasteiger partial charge is 0.153 e. The number of thioether (sulfide) groups is 2. The molecule has 4 nitrogen and oxygen atoms in total. The highest BCUT2D eigenvalue weighted by Crippen LogP contribution is 2.41. The van der Waals surface area contributed by atoms with Gasteiger partial charge >= 0.3 is 0 Å². The first-order valence-electron chi connectivity index (χ1n) is 6.04. The van der Waals surface area contributed by atoms with E-state index in [1.54, 1.807) is 0 Å². The van der Waals surface area contributed by atoms with Crippen LogP contribution in [-0.2, 0) is 7.05 Å². The topological polar surface area (TPSA) is 42.7 Å². The number of aromatic nitrogens is 3. The van der Waals surface area contributed by atoms with Crippen LogP contribution in [0.15, 0.2) is 4.60 Å². The largest absolute Gasteiger partial charge is 0.311 e. The molecule has 1 aromatic heterocycles. The van der Waals surface area contributed by atoms with Crippen molar-refractivity contribution in [3.63, 3.8) is 0 Å². The molecule has 4 unspecified atom stereocenters. The van der Waals surface area contributed by atoms with Gasteiger partial charge in [0, 0.05) is 28.6 Å². The summed E-state index contributed by atoms with van der Waals surface area (Å²) in [5.41, 5.74) is 1.14. The number of rotatable bonds is 3. The minimum Gasteiger partial charge on any atom is -0.311 e. The van der Waals surface area contributed by atoms with E-state index in [0.29, 0.717) is 10.5 Å². The molecule has 0 bridgehead atoms. The molecule has 1 saturated heterocycles. The van der Waals surface area contributed by atoms with Crippen molar-refractivity contribution >= 4 is 39.5 Å². The summed E-state index contributed by atoms with van der Waals surface area (Å²) in [5.74, 6) is 1.17. The summed E-state index contributed by atoms with van der Waals surface area (Å²) in [6.45, 7) is 4.63. The predicted octanol–water partition coefficient (Wildman–Crippen LogP) is 2.46. The Morgan fingerprint density at radius 2 is 2.17 bits per heavy atom. The number of halogens is 1. The van der Waals surface area contributed by atoms with Crippen LogP contribution in [0.1, 0.15) is 25.6 Å². The van der Waals surface area contributed by atoms with Crippen LogP contribution in [-0.4, -0.2) is 43.5 Å². The van der Waals surface area contributed by atoms with E-state index in [2.05, 4.69) is 68.9 Å². The SMILES string of the molecule is CNC(c1c(Br)nnn1C)C1CSC(C)C(C)S1. The van der Waals surface area contributed by atoms with Crippen LogP contribution in [0.2, 0.25) is 0 Å². The van der Waals surface area contributed by atoms with Gasteiger partial charge in [-0.3, -0.25) is 0 Å². The van der Waals surface area contributed by atoms with Crippen molar-refractivity contribution in [3.8, 4) is 0 Å². The third-order valence-electron chi connectivity index (χ3n) is 3.38. The van der Waals surface area contributed by atoms with Crippen molar-refractivity contribution in [1.82, 2.24) is 20.3 Å². The highest BCUT2D eigenvalue weighted by atomic mass is 79.9. The molecule has 1 aromatic rings. The van der Waals surface area contributed by atoms with Crippen molar-refractivity contribution in [2.75, 3.05) is 12.8 Å². The van der Waals surface area contributed by atoms with E-state index in [1.807, 2.05) is 18.8 Å². The van der Waals surface area contributed by atoms with Crippen LogP contribution in [0.3, 0.4) is 0 Å². The number of nitrogens with zero attached hydrogens (tertiary/aromatic N) is 3. The minimum absolute atomic E-state index is 0.284. The van der Waals surface area contributed by atoms with Gasteiger partial charge in [0.15, 0.2) is 4.60 Å². The zero-order chi connectivity index (χ0) is 13.3. The summed E-state index contributed by atoms with van der Waals surface area (Å²) < 4.78 is 2.71. The van der Waals surface area contributed by atoms with Gasteiger partial charge < -0.3 is 5.32 Å². The third kappa shape index (κ3) is 2.89. The van der Waals surface area contributed by atoms with E-state index >= 15 is 0 Å². The lowest BCUT2D eigenvalue weighted by Gasteiger charge is -2.35. The van der Waals surface area contributed by atoms with Gasteiger partial charge in [-0.15, -0.1) is 5.10 Å². The Balaban J connectivity index is 2.19. The molecule has 0 aliphatic carbocycles. The Morgan fingerprint density at radius 1 is 1.44 bits per heavy atom. The summed E-state index contributed by atoms with van der Waals surface area (Å²) in [7, 11) is 3.96. The van der Waals surface area contributed by atoms with E-state index in [4.69, 9.17) is 0 Å². The molecule has 2 heterocycles. The molecule has 0 aromatic carbocycles. The maximum absolute atomic E-state index is 4.09. The molecular weight excluding hydrogens is 332 g/mol. The average molecular weight is 351 g/mol. The second kappa shape index (κ2) is 6.15. The molecule has 7 heteroatoms.